The summed E-state index contributed by atoms with van der Waals surface area (Å²) in [5, 5.41) is 9.65. The zero-order chi connectivity index (χ0) is 11.5. The maximum atomic E-state index is 9.65. The summed E-state index contributed by atoms with van der Waals surface area (Å²) >= 11 is 0. The van der Waals surface area contributed by atoms with E-state index in [9.17, 15) is 5.11 Å². The Bertz CT molecular complexity index is 471. The van der Waals surface area contributed by atoms with Gasteiger partial charge in [0.15, 0.2) is 0 Å². The lowest BCUT2D eigenvalue weighted by molar-refractivity contribution is 0.147. The highest BCUT2D eigenvalue weighted by atomic mass is 16.4. The molecule has 84 valence electrons. The molecule has 0 saturated carbocycles. The number of rotatable bonds is 3. The molecule has 0 aliphatic rings. The van der Waals surface area contributed by atoms with Gasteiger partial charge in [-0.05, 0) is 31.5 Å². The van der Waals surface area contributed by atoms with Gasteiger partial charge in [-0.25, -0.2) is 0 Å². The van der Waals surface area contributed by atoms with E-state index in [2.05, 4.69) is 6.07 Å². The van der Waals surface area contributed by atoms with Crippen LogP contribution in [0.1, 0.15) is 30.8 Å². The van der Waals surface area contributed by atoms with Crippen molar-refractivity contribution in [3.8, 4) is 11.3 Å². The third-order valence-corrected chi connectivity index (χ3v) is 2.64. The molecule has 1 heterocycles. The summed E-state index contributed by atoms with van der Waals surface area (Å²) in [7, 11) is 0. The van der Waals surface area contributed by atoms with Crippen LogP contribution in [0.3, 0.4) is 0 Å². The molecule has 1 N–H and O–H groups in total. The molecule has 1 atom stereocenters. The van der Waals surface area contributed by atoms with Crippen molar-refractivity contribution in [2.24, 2.45) is 0 Å². The zero-order valence-corrected chi connectivity index (χ0v) is 9.60. The molecule has 2 aromatic rings. The molecule has 2 heteroatoms. The van der Waals surface area contributed by atoms with Gasteiger partial charge in [0.25, 0.3) is 0 Å². The lowest BCUT2D eigenvalue weighted by Crippen LogP contribution is -1.91. The maximum absolute atomic E-state index is 9.65. The van der Waals surface area contributed by atoms with E-state index in [4.69, 9.17) is 4.42 Å². The SMILES string of the molecule is CCC(O)c1ccc(-c2cccc(C)c2)o1. The quantitative estimate of drug-likeness (QED) is 0.848. The molecule has 0 amide bonds. The van der Waals surface area contributed by atoms with E-state index in [-0.39, 0.29) is 0 Å². The maximum Gasteiger partial charge on any atom is 0.134 e. The fraction of sp³-hybridized carbons (Fsp3) is 0.286. The second kappa shape index (κ2) is 4.54. The van der Waals surface area contributed by atoms with Gasteiger partial charge in [-0.1, -0.05) is 30.7 Å². The number of hydrogen-bond donors (Lipinski definition) is 1. The first-order valence-corrected chi connectivity index (χ1v) is 5.55. The molecule has 16 heavy (non-hydrogen) atoms. The van der Waals surface area contributed by atoms with Crippen LogP contribution < -0.4 is 0 Å². The number of aliphatic hydroxyl groups excluding tert-OH is 1. The minimum atomic E-state index is -0.501. The Morgan fingerprint density at radius 2 is 2.06 bits per heavy atom. The molecule has 0 radical (unpaired) electrons. The highest BCUT2D eigenvalue weighted by Crippen LogP contribution is 2.26. The molecule has 1 aromatic carbocycles. The van der Waals surface area contributed by atoms with Gasteiger partial charge in [-0.15, -0.1) is 0 Å². The molecule has 1 unspecified atom stereocenters. The first kappa shape index (κ1) is 11.0. The Labute approximate surface area is 95.5 Å². The monoisotopic (exact) mass is 216 g/mol. The predicted molar refractivity (Wildman–Crippen MR) is 64.1 cm³/mol. The summed E-state index contributed by atoms with van der Waals surface area (Å²) in [4.78, 5) is 0. The molecule has 2 nitrogen and oxygen atoms in total. The summed E-state index contributed by atoms with van der Waals surface area (Å²) in [5.74, 6) is 1.45. The van der Waals surface area contributed by atoms with E-state index in [0.29, 0.717) is 12.2 Å². The Balaban J connectivity index is 2.31. The van der Waals surface area contributed by atoms with Gasteiger partial charge in [0.2, 0.25) is 0 Å². The standard InChI is InChI=1S/C14H16O2/c1-3-12(15)14-8-7-13(16-14)11-6-4-5-10(2)9-11/h4-9,12,15H,3H2,1-2H3. The molecule has 0 aliphatic heterocycles. The summed E-state index contributed by atoms with van der Waals surface area (Å²) in [6.07, 6.45) is 0.166. The van der Waals surface area contributed by atoms with Gasteiger partial charge in [0.05, 0.1) is 0 Å². The van der Waals surface area contributed by atoms with Crippen molar-refractivity contribution in [2.75, 3.05) is 0 Å². The number of furan rings is 1. The van der Waals surface area contributed by atoms with E-state index in [1.807, 2.05) is 44.2 Å². The van der Waals surface area contributed by atoms with Crippen LogP contribution in [-0.4, -0.2) is 5.11 Å². The predicted octanol–water partition coefficient (Wildman–Crippen LogP) is 3.70. The second-order valence-electron chi connectivity index (χ2n) is 4.00. The van der Waals surface area contributed by atoms with Crippen molar-refractivity contribution in [3.05, 3.63) is 47.7 Å². The van der Waals surface area contributed by atoms with Crippen LogP contribution in [-0.2, 0) is 0 Å². The number of aliphatic hydroxyl groups is 1. The summed E-state index contributed by atoms with van der Waals surface area (Å²) in [5.41, 5.74) is 2.25. The average Bonchev–Trinajstić information content (AvgIpc) is 2.77. The van der Waals surface area contributed by atoms with Crippen LogP contribution in [0.2, 0.25) is 0 Å². The third-order valence-electron chi connectivity index (χ3n) is 2.64. The first-order chi connectivity index (χ1) is 7.70. The molecule has 0 saturated heterocycles. The normalized spacial score (nSPS) is 12.7. The van der Waals surface area contributed by atoms with Gasteiger partial charge < -0.3 is 9.52 Å². The van der Waals surface area contributed by atoms with Gasteiger partial charge in [-0.3, -0.25) is 0 Å². The Hall–Kier alpha value is -1.54. The van der Waals surface area contributed by atoms with E-state index in [1.54, 1.807) is 0 Å². The van der Waals surface area contributed by atoms with Gasteiger partial charge in [-0.2, -0.15) is 0 Å². The number of hydrogen-bond acceptors (Lipinski definition) is 2. The van der Waals surface area contributed by atoms with Crippen molar-refractivity contribution in [1.29, 1.82) is 0 Å². The van der Waals surface area contributed by atoms with E-state index >= 15 is 0 Å². The van der Waals surface area contributed by atoms with Crippen LogP contribution in [0.25, 0.3) is 11.3 Å². The van der Waals surface area contributed by atoms with E-state index in [0.717, 1.165) is 11.3 Å². The van der Waals surface area contributed by atoms with Crippen molar-refractivity contribution >= 4 is 0 Å². The molecule has 0 spiro atoms. The molecular weight excluding hydrogens is 200 g/mol. The van der Waals surface area contributed by atoms with Gasteiger partial charge in [0, 0.05) is 5.56 Å². The molecule has 1 aromatic heterocycles. The van der Waals surface area contributed by atoms with E-state index < -0.39 is 6.10 Å². The lowest BCUT2D eigenvalue weighted by Gasteiger charge is -2.03. The largest absolute Gasteiger partial charge is 0.458 e. The highest BCUT2D eigenvalue weighted by molar-refractivity contribution is 5.58. The van der Waals surface area contributed by atoms with Crippen LogP contribution in [0.15, 0.2) is 40.8 Å². The second-order valence-corrected chi connectivity index (χ2v) is 4.00. The van der Waals surface area contributed by atoms with Crippen LogP contribution in [0.5, 0.6) is 0 Å². The van der Waals surface area contributed by atoms with Gasteiger partial charge in [0.1, 0.15) is 17.6 Å². The fourth-order valence-corrected chi connectivity index (χ4v) is 1.69. The topological polar surface area (TPSA) is 33.4 Å². The molecule has 0 aliphatic carbocycles. The molecular formula is C14H16O2. The Kier molecular flexibility index (Phi) is 3.11. The Morgan fingerprint density at radius 1 is 1.25 bits per heavy atom. The lowest BCUT2D eigenvalue weighted by atomic mass is 10.1. The third kappa shape index (κ3) is 2.17. The highest BCUT2D eigenvalue weighted by Gasteiger charge is 2.10. The Morgan fingerprint density at radius 3 is 2.75 bits per heavy atom. The molecule has 0 fully saturated rings. The zero-order valence-electron chi connectivity index (χ0n) is 9.60. The molecule has 2 rings (SSSR count). The van der Waals surface area contributed by atoms with Crippen molar-refractivity contribution in [2.45, 2.75) is 26.4 Å². The minimum Gasteiger partial charge on any atom is -0.458 e. The van der Waals surface area contributed by atoms with Gasteiger partial charge >= 0.3 is 0 Å². The number of benzene rings is 1. The van der Waals surface area contributed by atoms with Crippen LogP contribution in [0.4, 0.5) is 0 Å². The van der Waals surface area contributed by atoms with Crippen molar-refractivity contribution in [3.63, 3.8) is 0 Å². The smallest absolute Gasteiger partial charge is 0.134 e. The van der Waals surface area contributed by atoms with Crippen molar-refractivity contribution < 1.29 is 9.52 Å². The fourth-order valence-electron chi connectivity index (χ4n) is 1.69. The van der Waals surface area contributed by atoms with Crippen LogP contribution in [0, 0.1) is 6.92 Å². The summed E-state index contributed by atoms with van der Waals surface area (Å²) in [6.45, 7) is 3.98. The summed E-state index contributed by atoms with van der Waals surface area (Å²) in [6, 6.07) is 11.9. The molecule has 0 bridgehead atoms. The van der Waals surface area contributed by atoms with E-state index in [1.165, 1.54) is 5.56 Å². The average molecular weight is 216 g/mol. The number of aryl methyl sites for hydroxylation is 1. The van der Waals surface area contributed by atoms with Crippen molar-refractivity contribution in [1.82, 2.24) is 0 Å². The minimum absolute atomic E-state index is 0.501. The van der Waals surface area contributed by atoms with Crippen LogP contribution >= 0.6 is 0 Å². The summed E-state index contributed by atoms with van der Waals surface area (Å²) < 4.78 is 5.63. The first-order valence-electron chi connectivity index (χ1n) is 5.55.